The number of fused-ring (bicyclic) bond motifs is 2. The van der Waals surface area contributed by atoms with E-state index in [-0.39, 0.29) is 0 Å². The lowest BCUT2D eigenvalue weighted by atomic mass is 9.72. The first kappa shape index (κ1) is 12.4. The van der Waals surface area contributed by atoms with Crippen molar-refractivity contribution in [2.75, 3.05) is 20.3 Å². The number of carbonyl (C=O) groups is 2. The summed E-state index contributed by atoms with van der Waals surface area (Å²) in [5.74, 6) is -3.33. The fourth-order valence-corrected chi connectivity index (χ4v) is 2.90. The molecular formula is C13H14O6. The van der Waals surface area contributed by atoms with Gasteiger partial charge < -0.3 is 18.9 Å². The van der Waals surface area contributed by atoms with E-state index < -0.39 is 29.1 Å². The van der Waals surface area contributed by atoms with Crippen LogP contribution in [0, 0.1) is 11.3 Å². The third-order valence-electron chi connectivity index (χ3n) is 3.78. The summed E-state index contributed by atoms with van der Waals surface area (Å²) in [6.07, 6.45) is 6.96. The highest BCUT2D eigenvalue weighted by Gasteiger charge is 2.72. The maximum Gasteiger partial charge on any atom is 0.335 e. The van der Waals surface area contributed by atoms with Gasteiger partial charge in [0.2, 0.25) is 11.2 Å². The summed E-state index contributed by atoms with van der Waals surface area (Å²) < 4.78 is 21.0. The maximum atomic E-state index is 12.3. The number of allylic oxidation sites excluding steroid dienone is 2. The van der Waals surface area contributed by atoms with Crippen LogP contribution in [0.25, 0.3) is 0 Å². The van der Waals surface area contributed by atoms with Gasteiger partial charge in [0.15, 0.2) is 0 Å². The van der Waals surface area contributed by atoms with E-state index in [2.05, 4.69) is 0 Å². The third kappa shape index (κ3) is 1.38. The Kier molecular flexibility index (Phi) is 2.72. The molecule has 2 unspecified atom stereocenters. The molecule has 0 radical (unpaired) electrons. The first-order chi connectivity index (χ1) is 9.17. The van der Waals surface area contributed by atoms with Gasteiger partial charge in [0.1, 0.15) is 0 Å². The van der Waals surface area contributed by atoms with Crippen LogP contribution in [-0.4, -0.2) is 38.0 Å². The molecule has 1 spiro atoms. The van der Waals surface area contributed by atoms with Crippen LogP contribution in [0.1, 0.15) is 6.42 Å². The van der Waals surface area contributed by atoms with Crippen LogP contribution >= 0.6 is 0 Å². The van der Waals surface area contributed by atoms with Crippen LogP contribution in [0.15, 0.2) is 24.5 Å². The van der Waals surface area contributed by atoms with Crippen LogP contribution in [0.4, 0.5) is 0 Å². The second kappa shape index (κ2) is 4.18. The number of ether oxygens (including phenoxy) is 4. The summed E-state index contributed by atoms with van der Waals surface area (Å²) in [5, 5.41) is 0. The Labute approximate surface area is 109 Å². The number of cyclic esters (lactones) is 1. The quantitative estimate of drug-likeness (QED) is 0.392. The zero-order chi connectivity index (χ0) is 13.5. The summed E-state index contributed by atoms with van der Waals surface area (Å²) in [7, 11) is 1.23. The van der Waals surface area contributed by atoms with Crippen LogP contribution in [0.3, 0.4) is 0 Å². The van der Waals surface area contributed by atoms with E-state index in [1.165, 1.54) is 13.4 Å². The molecule has 6 heteroatoms. The predicted octanol–water partition coefficient (Wildman–Crippen LogP) is 0.535. The van der Waals surface area contributed by atoms with Crippen molar-refractivity contribution in [3.05, 3.63) is 24.5 Å². The molecule has 1 aliphatic carbocycles. The van der Waals surface area contributed by atoms with Gasteiger partial charge in [0.05, 0.1) is 26.6 Å². The zero-order valence-electron chi connectivity index (χ0n) is 10.5. The minimum atomic E-state index is -1.64. The molecule has 0 N–H and O–H groups in total. The third-order valence-corrected chi connectivity index (χ3v) is 3.78. The highest BCUT2D eigenvalue weighted by atomic mass is 16.7. The molecule has 0 aromatic carbocycles. The molecule has 102 valence electrons. The van der Waals surface area contributed by atoms with Gasteiger partial charge >= 0.3 is 11.9 Å². The Morgan fingerprint density at radius 3 is 2.79 bits per heavy atom. The highest BCUT2D eigenvalue weighted by Crippen LogP contribution is 2.53. The number of esters is 2. The predicted molar refractivity (Wildman–Crippen MR) is 61.6 cm³/mol. The Hall–Kier alpha value is -1.66. The van der Waals surface area contributed by atoms with Gasteiger partial charge in [0.25, 0.3) is 0 Å². The summed E-state index contributed by atoms with van der Waals surface area (Å²) in [4.78, 5) is 24.6. The van der Waals surface area contributed by atoms with Crippen molar-refractivity contribution in [3.8, 4) is 0 Å². The first-order valence-corrected chi connectivity index (χ1v) is 6.11. The van der Waals surface area contributed by atoms with E-state index in [1.807, 2.05) is 0 Å². The molecule has 1 fully saturated rings. The van der Waals surface area contributed by atoms with Gasteiger partial charge in [-0.3, -0.25) is 9.59 Å². The van der Waals surface area contributed by atoms with Gasteiger partial charge in [-0.25, -0.2) is 0 Å². The topological polar surface area (TPSA) is 71.1 Å². The lowest BCUT2D eigenvalue weighted by Crippen LogP contribution is -2.63. The zero-order valence-corrected chi connectivity index (χ0v) is 10.5. The highest BCUT2D eigenvalue weighted by molar-refractivity contribution is 6.04. The number of hydrogen-bond acceptors (Lipinski definition) is 6. The van der Waals surface area contributed by atoms with Crippen molar-refractivity contribution in [1.82, 2.24) is 0 Å². The number of methoxy groups -OCH3 is 1. The lowest BCUT2D eigenvalue weighted by molar-refractivity contribution is -0.290. The van der Waals surface area contributed by atoms with Gasteiger partial charge in [-0.2, -0.15) is 0 Å². The molecular weight excluding hydrogens is 252 g/mol. The average Bonchev–Trinajstić information content (AvgIpc) is 2.76. The molecule has 0 aromatic heterocycles. The number of rotatable bonds is 1. The Morgan fingerprint density at radius 2 is 2.11 bits per heavy atom. The first-order valence-electron chi connectivity index (χ1n) is 6.11. The molecule has 0 saturated carbocycles. The largest absolute Gasteiger partial charge is 0.468 e. The van der Waals surface area contributed by atoms with E-state index >= 15 is 0 Å². The van der Waals surface area contributed by atoms with Crippen molar-refractivity contribution in [2.45, 2.75) is 12.2 Å². The van der Waals surface area contributed by atoms with E-state index in [0.717, 1.165) is 0 Å². The van der Waals surface area contributed by atoms with Crippen molar-refractivity contribution in [3.63, 3.8) is 0 Å². The molecule has 3 aliphatic rings. The normalized spacial score (nSPS) is 35.0. The van der Waals surface area contributed by atoms with Gasteiger partial charge in [0, 0.05) is 5.92 Å². The lowest BCUT2D eigenvalue weighted by Gasteiger charge is -2.45. The van der Waals surface area contributed by atoms with Gasteiger partial charge in [-0.05, 0) is 18.6 Å². The van der Waals surface area contributed by atoms with Crippen LogP contribution < -0.4 is 0 Å². The summed E-state index contributed by atoms with van der Waals surface area (Å²) >= 11 is 0. The Balaban J connectivity index is 2.15. The average molecular weight is 266 g/mol. The Bertz CT molecular complexity index is 474. The molecule has 0 bridgehead atoms. The molecule has 0 amide bonds. The summed E-state index contributed by atoms with van der Waals surface area (Å²) in [6.45, 7) is 0.819. The number of hydrogen-bond donors (Lipinski definition) is 0. The van der Waals surface area contributed by atoms with E-state index in [9.17, 15) is 9.59 Å². The van der Waals surface area contributed by atoms with E-state index in [4.69, 9.17) is 18.9 Å². The van der Waals surface area contributed by atoms with Crippen molar-refractivity contribution in [2.24, 2.45) is 11.3 Å². The molecule has 0 aromatic rings. The van der Waals surface area contributed by atoms with Crippen molar-refractivity contribution >= 4 is 11.9 Å². The standard InChI is InChI=1S/C13H14O6/c1-16-10(14)13-9(4-8-17-11(13)15)3-5-12(13)18-6-2-7-19-12/h3-5,8-9H,2,6-7H2,1H3. The summed E-state index contributed by atoms with van der Waals surface area (Å²) in [6, 6.07) is 0. The van der Waals surface area contributed by atoms with Crippen LogP contribution in [-0.2, 0) is 28.5 Å². The fourth-order valence-electron chi connectivity index (χ4n) is 2.90. The molecule has 2 aliphatic heterocycles. The van der Waals surface area contributed by atoms with E-state index in [1.54, 1.807) is 18.2 Å². The molecule has 19 heavy (non-hydrogen) atoms. The van der Waals surface area contributed by atoms with Crippen molar-refractivity contribution < 1.29 is 28.5 Å². The van der Waals surface area contributed by atoms with Crippen LogP contribution in [0.2, 0.25) is 0 Å². The second-order valence-electron chi connectivity index (χ2n) is 4.64. The Morgan fingerprint density at radius 1 is 1.37 bits per heavy atom. The monoisotopic (exact) mass is 266 g/mol. The van der Waals surface area contributed by atoms with Crippen LogP contribution in [0.5, 0.6) is 0 Å². The SMILES string of the molecule is COC(=O)C12C(=O)OC=CC1C=CC21OCCCO1. The minimum absolute atomic E-state index is 0.410. The second-order valence-corrected chi connectivity index (χ2v) is 4.64. The minimum Gasteiger partial charge on any atom is -0.468 e. The van der Waals surface area contributed by atoms with Crippen molar-refractivity contribution in [1.29, 1.82) is 0 Å². The number of carbonyl (C=O) groups excluding carboxylic acids is 2. The fraction of sp³-hybridized carbons (Fsp3) is 0.538. The molecule has 3 rings (SSSR count). The van der Waals surface area contributed by atoms with Gasteiger partial charge in [-0.1, -0.05) is 6.08 Å². The molecule has 6 nitrogen and oxygen atoms in total. The molecule has 2 atom stereocenters. The maximum absolute atomic E-state index is 12.3. The smallest absolute Gasteiger partial charge is 0.335 e. The molecule has 2 heterocycles. The van der Waals surface area contributed by atoms with Gasteiger partial charge in [-0.15, -0.1) is 0 Å². The van der Waals surface area contributed by atoms with E-state index in [0.29, 0.717) is 19.6 Å². The summed E-state index contributed by atoms with van der Waals surface area (Å²) in [5.41, 5.74) is -1.64. The molecule has 1 saturated heterocycles.